The summed E-state index contributed by atoms with van der Waals surface area (Å²) < 4.78 is 2.43. The van der Waals surface area contributed by atoms with E-state index in [1.165, 1.54) is 99.4 Å². The predicted octanol–water partition coefficient (Wildman–Crippen LogP) is 6.35. The summed E-state index contributed by atoms with van der Waals surface area (Å²) in [4.78, 5) is 0. The highest BCUT2D eigenvalue weighted by Crippen LogP contribution is 2.17. The van der Waals surface area contributed by atoms with Gasteiger partial charge in [0.15, 0.2) is 0 Å². The Morgan fingerprint density at radius 1 is 0.462 bits per heavy atom. The molecule has 0 saturated carbocycles. The first kappa shape index (κ1) is 25.9. The highest BCUT2D eigenvalue weighted by Gasteiger charge is 2.20. The average molecular weight is 371 g/mol. The Hall–Kier alpha value is -0.0800. The third kappa shape index (κ3) is 13.1. The van der Waals surface area contributed by atoms with Crippen molar-refractivity contribution in [2.75, 3.05) is 54.4 Å². The van der Waals surface area contributed by atoms with Crippen LogP contribution in [0.2, 0.25) is 0 Å². The van der Waals surface area contributed by atoms with Crippen molar-refractivity contribution in [3.63, 3.8) is 0 Å². The van der Waals surface area contributed by atoms with Gasteiger partial charge in [0, 0.05) is 11.8 Å². The number of nitrogens with zero attached hydrogens (tertiary/aromatic N) is 2. The van der Waals surface area contributed by atoms with Crippen LogP contribution in [0.25, 0.3) is 0 Å². The zero-order valence-corrected chi connectivity index (χ0v) is 19.9. The first-order chi connectivity index (χ1) is 12.2. The standard InChI is InChI=1S/C24H54N2/c1-9-23(10-2)21-25(5,6)19-17-15-13-14-16-18-20-26(7,8)22-24(11-3)12-4/h23-24H,9-22H2,1-8H3/q+2. The van der Waals surface area contributed by atoms with Crippen LogP contribution in [0.5, 0.6) is 0 Å². The normalized spacial score (nSPS) is 13.2. The summed E-state index contributed by atoms with van der Waals surface area (Å²) >= 11 is 0. The molecule has 0 fully saturated rings. The van der Waals surface area contributed by atoms with E-state index in [4.69, 9.17) is 0 Å². The molecule has 0 rings (SSSR count). The van der Waals surface area contributed by atoms with E-state index in [-0.39, 0.29) is 0 Å². The number of rotatable bonds is 17. The zero-order chi connectivity index (χ0) is 20.1. The van der Waals surface area contributed by atoms with E-state index in [1.54, 1.807) is 0 Å². The van der Waals surface area contributed by atoms with Gasteiger partial charge in [-0.15, -0.1) is 0 Å². The van der Waals surface area contributed by atoms with Gasteiger partial charge in [-0.3, -0.25) is 0 Å². The van der Waals surface area contributed by atoms with Crippen molar-refractivity contribution in [3.8, 4) is 0 Å². The fourth-order valence-electron chi connectivity index (χ4n) is 4.46. The van der Waals surface area contributed by atoms with Crippen LogP contribution < -0.4 is 0 Å². The topological polar surface area (TPSA) is 0 Å². The van der Waals surface area contributed by atoms with E-state index in [0.29, 0.717) is 0 Å². The fraction of sp³-hybridized carbons (Fsp3) is 1.00. The van der Waals surface area contributed by atoms with Gasteiger partial charge in [-0.25, -0.2) is 0 Å². The summed E-state index contributed by atoms with van der Waals surface area (Å²) in [5, 5.41) is 0. The molecule has 0 aliphatic heterocycles. The molecular formula is C24H54N2+2. The average Bonchev–Trinajstić information content (AvgIpc) is 2.59. The van der Waals surface area contributed by atoms with Crippen LogP contribution in [-0.2, 0) is 0 Å². The Morgan fingerprint density at radius 3 is 1.00 bits per heavy atom. The second kappa shape index (κ2) is 14.0. The van der Waals surface area contributed by atoms with Gasteiger partial charge in [0.25, 0.3) is 0 Å². The second-order valence-corrected chi connectivity index (χ2v) is 10.2. The Bertz CT molecular complexity index is 282. The van der Waals surface area contributed by atoms with Gasteiger partial charge in [-0.1, -0.05) is 40.5 Å². The van der Waals surface area contributed by atoms with Crippen molar-refractivity contribution in [3.05, 3.63) is 0 Å². The third-order valence-corrected chi connectivity index (χ3v) is 6.59. The van der Waals surface area contributed by atoms with Gasteiger partial charge >= 0.3 is 0 Å². The molecule has 2 nitrogen and oxygen atoms in total. The lowest BCUT2D eigenvalue weighted by atomic mass is 10.0. The molecule has 0 unspecified atom stereocenters. The van der Waals surface area contributed by atoms with E-state index in [2.05, 4.69) is 55.9 Å². The molecule has 0 atom stereocenters. The Balaban J connectivity index is 3.75. The van der Waals surface area contributed by atoms with Gasteiger partial charge in [-0.2, -0.15) is 0 Å². The maximum absolute atomic E-state index is 2.43. The summed E-state index contributed by atoms with van der Waals surface area (Å²) in [7, 11) is 9.72. The van der Waals surface area contributed by atoms with E-state index < -0.39 is 0 Å². The monoisotopic (exact) mass is 370 g/mol. The lowest BCUT2D eigenvalue weighted by Gasteiger charge is -2.33. The summed E-state index contributed by atoms with van der Waals surface area (Å²) in [5.74, 6) is 1.82. The van der Waals surface area contributed by atoms with Crippen molar-refractivity contribution >= 4 is 0 Å². The van der Waals surface area contributed by atoms with Crippen LogP contribution in [-0.4, -0.2) is 63.3 Å². The fourth-order valence-corrected chi connectivity index (χ4v) is 4.46. The van der Waals surface area contributed by atoms with Crippen molar-refractivity contribution in [1.82, 2.24) is 0 Å². The molecule has 158 valence electrons. The summed E-state index contributed by atoms with van der Waals surface area (Å²) in [6, 6.07) is 0. The lowest BCUT2D eigenvalue weighted by Crippen LogP contribution is -2.44. The second-order valence-electron chi connectivity index (χ2n) is 10.2. The van der Waals surface area contributed by atoms with Gasteiger partial charge in [0.1, 0.15) is 0 Å². The van der Waals surface area contributed by atoms with Crippen LogP contribution in [0.3, 0.4) is 0 Å². The highest BCUT2D eigenvalue weighted by molar-refractivity contribution is 4.55. The molecule has 0 radical (unpaired) electrons. The number of hydrogen-bond acceptors (Lipinski definition) is 0. The lowest BCUT2D eigenvalue weighted by molar-refractivity contribution is -0.894. The maximum Gasteiger partial charge on any atom is 0.0810 e. The molecule has 0 bridgehead atoms. The van der Waals surface area contributed by atoms with Gasteiger partial charge in [-0.05, 0) is 51.4 Å². The molecule has 0 aromatic carbocycles. The molecule has 0 aliphatic carbocycles. The molecular weight excluding hydrogens is 316 g/mol. The SMILES string of the molecule is CCC(CC)C[N+](C)(C)CCCCCCCC[N+](C)(C)CC(CC)CC. The molecule has 0 heterocycles. The maximum atomic E-state index is 2.43. The summed E-state index contributed by atoms with van der Waals surface area (Å²) in [6.45, 7) is 14.8. The van der Waals surface area contributed by atoms with E-state index in [0.717, 1.165) is 11.8 Å². The van der Waals surface area contributed by atoms with Crippen LogP contribution in [0.15, 0.2) is 0 Å². The predicted molar refractivity (Wildman–Crippen MR) is 120 cm³/mol. The Kier molecular flexibility index (Phi) is 14.0. The molecule has 0 spiro atoms. The molecule has 0 saturated heterocycles. The smallest absolute Gasteiger partial charge is 0.0810 e. The molecule has 2 heteroatoms. The molecule has 0 N–H and O–H groups in total. The first-order valence-corrected chi connectivity index (χ1v) is 11.8. The van der Waals surface area contributed by atoms with E-state index in [1.807, 2.05) is 0 Å². The zero-order valence-electron chi connectivity index (χ0n) is 19.9. The van der Waals surface area contributed by atoms with Crippen LogP contribution in [0, 0.1) is 11.8 Å². The summed E-state index contributed by atoms with van der Waals surface area (Å²) in [6.07, 6.45) is 13.9. The molecule has 0 amide bonds. The number of hydrogen-bond donors (Lipinski definition) is 0. The van der Waals surface area contributed by atoms with Crippen LogP contribution in [0.1, 0.15) is 91.9 Å². The van der Waals surface area contributed by atoms with Gasteiger partial charge in [0.05, 0.1) is 54.4 Å². The minimum atomic E-state index is 0.909. The largest absolute Gasteiger partial charge is 0.328 e. The van der Waals surface area contributed by atoms with Crippen molar-refractivity contribution in [2.45, 2.75) is 91.9 Å². The van der Waals surface area contributed by atoms with E-state index in [9.17, 15) is 0 Å². The summed E-state index contributed by atoms with van der Waals surface area (Å²) in [5.41, 5.74) is 0. The Morgan fingerprint density at radius 2 is 0.731 bits per heavy atom. The Labute approximate surface area is 167 Å². The highest BCUT2D eigenvalue weighted by atomic mass is 15.3. The van der Waals surface area contributed by atoms with Gasteiger partial charge in [0.2, 0.25) is 0 Å². The van der Waals surface area contributed by atoms with Crippen LogP contribution in [0.4, 0.5) is 0 Å². The first-order valence-electron chi connectivity index (χ1n) is 11.8. The van der Waals surface area contributed by atoms with Crippen molar-refractivity contribution < 1.29 is 8.97 Å². The minimum Gasteiger partial charge on any atom is -0.328 e. The molecule has 0 aromatic heterocycles. The molecule has 26 heavy (non-hydrogen) atoms. The minimum absolute atomic E-state index is 0.909. The number of quaternary nitrogens is 2. The third-order valence-electron chi connectivity index (χ3n) is 6.59. The van der Waals surface area contributed by atoms with Crippen molar-refractivity contribution in [2.24, 2.45) is 11.8 Å². The van der Waals surface area contributed by atoms with E-state index >= 15 is 0 Å². The quantitative estimate of drug-likeness (QED) is 0.207. The molecule has 0 aliphatic rings. The van der Waals surface area contributed by atoms with Crippen LogP contribution >= 0.6 is 0 Å². The van der Waals surface area contributed by atoms with Gasteiger partial charge < -0.3 is 8.97 Å². The number of unbranched alkanes of at least 4 members (excludes halogenated alkanes) is 5. The van der Waals surface area contributed by atoms with Crippen molar-refractivity contribution in [1.29, 1.82) is 0 Å². The molecule has 0 aromatic rings.